The molecule has 0 aromatic heterocycles. The van der Waals surface area contributed by atoms with E-state index in [1.807, 2.05) is 36.4 Å². The number of phenolic OH excluding ortho intramolecular Hbond substituents is 1. The lowest BCUT2D eigenvalue weighted by atomic mass is 10.2. The minimum atomic E-state index is -4.64. The van der Waals surface area contributed by atoms with Crippen LogP contribution in [0, 0.1) is 0 Å². The van der Waals surface area contributed by atoms with Crippen molar-refractivity contribution in [2.24, 2.45) is 11.5 Å². The molecule has 0 aliphatic carbocycles. The first-order chi connectivity index (χ1) is 9.70. The molecular formula is C13H19N2O5P. The summed E-state index contributed by atoms with van der Waals surface area (Å²) < 4.78 is 8.88. The highest BCUT2D eigenvalue weighted by molar-refractivity contribution is 7.45. The van der Waals surface area contributed by atoms with Crippen LogP contribution in [0.5, 0.6) is 5.75 Å². The van der Waals surface area contributed by atoms with E-state index in [0.29, 0.717) is 5.75 Å². The molecule has 0 fully saturated rings. The van der Waals surface area contributed by atoms with Gasteiger partial charge >= 0.3 is 7.82 Å². The van der Waals surface area contributed by atoms with Gasteiger partial charge in [0.2, 0.25) is 0 Å². The molecule has 8 N–H and O–H groups in total. The second kappa shape index (κ2) is 10.1. The van der Waals surface area contributed by atoms with Crippen molar-refractivity contribution in [1.82, 2.24) is 0 Å². The second-order valence-corrected chi connectivity index (χ2v) is 4.81. The van der Waals surface area contributed by atoms with Crippen molar-refractivity contribution in [3.63, 3.8) is 0 Å². The van der Waals surface area contributed by atoms with Crippen molar-refractivity contribution in [3.05, 3.63) is 66.2 Å². The standard InChI is InChI=1S/C7H10N2.C6H6O.H3O4P/c8-7(9)6-4-2-1-3-5-6;7-6-4-2-1-3-5-6;1-5(2,3)4/h1-5,7H,8-9H2;1-5,7H;(H3,1,2,3,4). The van der Waals surface area contributed by atoms with Crippen molar-refractivity contribution in [2.45, 2.75) is 6.17 Å². The molecule has 0 spiro atoms. The van der Waals surface area contributed by atoms with E-state index in [1.54, 1.807) is 24.3 Å². The first-order valence-corrected chi connectivity index (χ1v) is 7.35. The van der Waals surface area contributed by atoms with Gasteiger partial charge in [0, 0.05) is 0 Å². The molecule has 0 aliphatic heterocycles. The van der Waals surface area contributed by atoms with E-state index in [-0.39, 0.29) is 6.17 Å². The van der Waals surface area contributed by atoms with Crippen LogP contribution < -0.4 is 11.5 Å². The summed E-state index contributed by atoms with van der Waals surface area (Å²) in [5, 5.41) is 8.63. The summed E-state index contributed by atoms with van der Waals surface area (Å²) in [5.74, 6) is 0.322. The topological polar surface area (TPSA) is 150 Å². The largest absolute Gasteiger partial charge is 0.508 e. The number of phenols is 1. The van der Waals surface area contributed by atoms with Crippen LogP contribution in [0.25, 0.3) is 0 Å². The van der Waals surface area contributed by atoms with E-state index in [4.69, 9.17) is 35.8 Å². The van der Waals surface area contributed by atoms with Crippen molar-refractivity contribution in [3.8, 4) is 5.75 Å². The van der Waals surface area contributed by atoms with E-state index >= 15 is 0 Å². The molecular weight excluding hydrogens is 295 g/mol. The predicted molar refractivity (Wildman–Crippen MR) is 79.9 cm³/mol. The Bertz CT molecular complexity index is 523. The molecule has 7 nitrogen and oxygen atoms in total. The van der Waals surface area contributed by atoms with Crippen LogP contribution in [-0.4, -0.2) is 19.8 Å². The zero-order chi connectivity index (χ0) is 16.3. The van der Waals surface area contributed by atoms with Gasteiger partial charge in [-0.1, -0.05) is 48.5 Å². The van der Waals surface area contributed by atoms with Crippen LogP contribution in [0.4, 0.5) is 0 Å². The van der Waals surface area contributed by atoms with Crippen LogP contribution in [-0.2, 0) is 4.57 Å². The molecule has 0 amide bonds. The lowest BCUT2D eigenvalue weighted by molar-refractivity contribution is 0.275. The van der Waals surface area contributed by atoms with Crippen molar-refractivity contribution in [1.29, 1.82) is 0 Å². The Morgan fingerprint density at radius 2 is 1.14 bits per heavy atom. The molecule has 0 saturated carbocycles. The minimum absolute atomic E-state index is 0.322. The quantitative estimate of drug-likeness (QED) is 0.340. The molecule has 2 aromatic carbocycles. The van der Waals surface area contributed by atoms with Crippen LogP contribution in [0.3, 0.4) is 0 Å². The molecule has 116 valence electrons. The lowest BCUT2D eigenvalue weighted by Gasteiger charge is -2.02. The summed E-state index contributed by atoms with van der Waals surface area (Å²) in [6.07, 6.45) is -0.341. The second-order valence-electron chi connectivity index (χ2n) is 3.79. The van der Waals surface area contributed by atoms with Gasteiger partial charge in [-0.05, 0) is 17.7 Å². The molecule has 21 heavy (non-hydrogen) atoms. The fraction of sp³-hybridized carbons (Fsp3) is 0.0769. The Hall–Kier alpha value is -1.73. The maximum atomic E-state index is 8.88. The Kier molecular flexibility index (Phi) is 9.23. The van der Waals surface area contributed by atoms with Gasteiger partial charge < -0.3 is 31.3 Å². The van der Waals surface area contributed by atoms with E-state index < -0.39 is 7.82 Å². The van der Waals surface area contributed by atoms with Gasteiger partial charge in [-0.2, -0.15) is 0 Å². The van der Waals surface area contributed by atoms with Gasteiger partial charge in [0.25, 0.3) is 0 Å². The highest BCUT2D eigenvalue weighted by atomic mass is 31.2. The molecule has 0 aliphatic rings. The Morgan fingerprint density at radius 1 is 0.810 bits per heavy atom. The minimum Gasteiger partial charge on any atom is -0.508 e. The average molecular weight is 314 g/mol. The maximum absolute atomic E-state index is 8.88. The number of hydrogen-bond acceptors (Lipinski definition) is 4. The molecule has 0 atom stereocenters. The van der Waals surface area contributed by atoms with Gasteiger partial charge in [-0.3, -0.25) is 0 Å². The summed E-state index contributed by atoms with van der Waals surface area (Å²) in [7, 11) is -4.64. The normalized spacial score (nSPS) is 10.0. The fourth-order valence-electron chi connectivity index (χ4n) is 1.10. The third kappa shape index (κ3) is 14.5. The predicted octanol–water partition coefficient (Wildman–Crippen LogP) is 1.07. The Labute approximate surface area is 122 Å². The van der Waals surface area contributed by atoms with Crippen molar-refractivity contribution < 1.29 is 24.4 Å². The van der Waals surface area contributed by atoms with E-state index in [1.165, 1.54) is 0 Å². The first kappa shape index (κ1) is 19.3. The Balaban J connectivity index is 0.000000300. The number of rotatable bonds is 1. The van der Waals surface area contributed by atoms with Crippen molar-refractivity contribution in [2.75, 3.05) is 0 Å². The number of benzene rings is 2. The maximum Gasteiger partial charge on any atom is 0.466 e. The third-order valence-corrected chi connectivity index (χ3v) is 1.94. The number of nitrogens with two attached hydrogens (primary N) is 2. The van der Waals surface area contributed by atoms with Gasteiger partial charge in [0.1, 0.15) is 5.75 Å². The van der Waals surface area contributed by atoms with Gasteiger partial charge in [0.15, 0.2) is 0 Å². The summed E-state index contributed by atoms with van der Waals surface area (Å²) in [4.78, 5) is 21.6. The zero-order valence-corrected chi connectivity index (χ0v) is 12.0. The van der Waals surface area contributed by atoms with Crippen molar-refractivity contribution >= 4 is 7.82 Å². The SMILES string of the molecule is NC(N)c1ccccc1.O=P(O)(O)O.Oc1ccccc1. The molecule has 2 rings (SSSR count). The number of phosphoric acid groups is 1. The molecule has 0 radical (unpaired) electrons. The molecule has 0 unspecified atom stereocenters. The molecule has 0 bridgehead atoms. The van der Waals surface area contributed by atoms with Crippen LogP contribution >= 0.6 is 7.82 Å². The van der Waals surface area contributed by atoms with Gasteiger partial charge in [-0.25, -0.2) is 4.57 Å². The number of aromatic hydroxyl groups is 1. The summed E-state index contributed by atoms with van der Waals surface area (Å²) in [5.41, 5.74) is 11.8. The lowest BCUT2D eigenvalue weighted by Crippen LogP contribution is -2.19. The number of hydrogen-bond donors (Lipinski definition) is 6. The summed E-state index contributed by atoms with van der Waals surface area (Å²) in [6, 6.07) is 18.3. The highest BCUT2D eigenvalue weighted by Crippen LogP contribution is 2.25. The molecule has 8 heteroatoms. The zero-order valence-electron chi connectivity index (χ0n) is 11.1. The van der Waals surface area contributed by atoms with Crippen LogP contribution in [0.15, 0.2) is 60.7 Å². The molecule has 0 heterocycles. The first-order valence-electron chi connectivity index (χ1n) is 5.78. The van der Waals surface area contributed by atoms with E-state index in [2.05, 4.69) is 0 Å². The van der Waals surface area contributed by atoms with Crippen LogP contribution in [0.2, 0.25) is 0 Å². The fourth-order valence-corrected chi connectivity index (χ4v) is 1.10. The monoisotopic (exact) mass is 314 g/mol. The Morgan fingerprint density at radius 3 is 1.33 bits per heavy atom. The molecule has 0 saturated heterocycles. The van der Waals surface area contributed by atoms with Gasteiger partial charge in [-0.15, -0.1) is 0 Å². The highest BCUT2D eigenvalue weighted by Gasteiger charge is 2.00. The number of para-hydroxylation sites is 1. The smallest absolute Gasteiger partial charge is 0.466 e. The third-order valence-electron chi connectivity index (χ3n) is 1.94. The summed E-state index contributed by atoms with van der Waals surface area (Å²) in [6.45, 7) is 0. The average Bonchev–Trinajstić information content (AvgIpc) is 2.39. The van der Waals surface area contributed by atoms with E-state index in [9.17, 15) is 0 Å². The summed E-state index contributed by atoms with van der Waals surface area (Å²) >= 11 is 0. The van der Waals surface area contributed by atoms with Crippen LogP contribution in [0.1, 0.15) is 11.7 Å². The van der Waals surface area contributed by atoms with Gasteiger partial charge in [0.05, 0.1) is 6.17 Å². The van der Waals surface area contributed by atoms with E-state index in [0.717, 1.165) is 5.56 Å². The molecule has 2 aromatic rings.